The highest BCUT2D eigenvalue weighted by atomic mass is 35.7. The summed E-state index contributed by atoms with van der Waals surface area (Å²) in [6.07, 6.45) is 1.89. The van der Waals surface area contributed by atoms with Crippen LogP contribution in [0.5, 0.6) is 0 Å². The average Bonchev–Trinajstić information content (AvgIpc) is 2.40. The smallest absolute Gasteiger partial charge is 0.304 e. The number of carbonyl (C=O) groups excluding carboxylic acids is 1. The largest absolute Gasteiger partial charge is 0.346 e. The van der Waals surface area contributed by atoms with E-state index in [4.69, 9.17) is 10.7 Å². The number of halogens is 2. The number of urea groups is 1. The van der Waals surface area contributed by atoms with Crippen molar-refractivity contribution in [2.75, 3.05) is 0 Å². The fourth-order valence-electron chi connectivity index (χ4n) is 1.27. The molecule has 0 aromatic carbocycles. The summed E-state index contributed by atoms with van der Waals surface area (Å²) in [4.78, 5) is 14.2. The van der Waals surface area contributed by atoms with Gasteiger partial charge in [-0.1, -0.05) is 0 Å². The maximum Gasteiger partial charge on any atom is 0.346 e. The third-order valence-corrected chi connectivity index (χ3v) is 3.45. The Morgan fingerprint density at radius 2 is 2.20 bits per heavy atom. The summed E-state index contributed by atoms with van der Waals surface area (Å²) < 4.78 is 35.2. The number of allylic oxidation sites excluding steroid dienone is 1. The Balaban J connectivity index is 2.48. The van der Waals surface area contributed by atoms with Gasteiger partial charge in [-0.3, -0.25) is 0 Å². The Bertz CT molecular complexity index is 534. The van der Waals surface area contributed by atoms with E-state index in [-0.39, 0.29) is 11.4 Å². The van der Waals surface area contributed by atoms with E-state index < -0.39 is 26.2 Å². The van der Waals surface area contributed by atoms with Crippen LogP contribution in [0.3, 0.4) is 0 Å². The van der Waals surface area contributed by atoms with Crippen LogP contribution in [0.25, 0.3) is 0 Å². The lowest BCUT2D eigenvalue weighted by molar-refractivity contribution is 0.253. The third-order valence-electron chi connectivity index (χ3n) is 1.91. The van der Waals surface area contributed by atoms with Gasteiger partial charge in [-0.2, -0.15) is 4.99 Å². The van der Waals surface area contributed by atoms with Crippen molar-refractivity contribution < 1.29 is 17.6 Å². The van der Waals surface area contributed by atoms with Crippen LogP contribution in [0, 0.1) is 0 Å². The first-order valence-electron chi connectivity index (χ1n) is 3.80. The van der Waals surface area contributed by atoms with Gasteiger partial charge in [0.25, 0.3) is 0 Å². The minimum Gasteiger partial charge on any atom is -0.304 e. The van der Waals surface area contributed by atoms with Gasteiger partial charge in [0.05, 0.1) is 11.4 Å². The molecule has 0 aromatic heterocycles. The van der Waals surface area contributed by atoms with Gasteiger partial charge in [0.15, 0.2) is 0 Å². The monoisotopic (exact) mass is 250 g/mol. The Labute approximate surface area is 88.7 Å². The molecule has 0 saturated carbocycles. The molecule has 1 unspecified atom stereocenters. The van der Waals surface area contributed by atoms with Gasteiger partial charge in [-0.25, -0.2) is 17.6 Å². The van der Waals surface area contributed by atoms with Gasteiger partial charge >= 0.3 is 6.03 Å². The van der Waals surface area contributed by atoms with Gasteiger partial charge in [-0.15, -0.1) is 0 Å². The molecular weight excluding hydrogens is 247 g/mol. The molecule has 2 rings (SSSR count). The lowest BCUT2D eigenvalue weighted by Gasteiger charge is -2.13. The Hall–Kier alpha value is -1.21. The van der Waals surface area contributed by atoms with E-state index in [1.807, 2.05) is 0 Å². The van der Waals surface area contributed by atoms with Crippen molar-refractivity contribution in [3.05, 3.63) is 23.7 Å². The van der Waals surface area contributed by atoms with Crippen LogP contribution < -0.4 is 5.32 Å². The number of rotatable bonds is 1. The Kier molecular flexibility index (Phi) is 2.16. The Morgan fingerprint density at radius 1 is 1.53 bits per heavy atom. The molecule has 2 amide bonds. The molecule has 0 bridgehead atoms. The molecule has 1 aliphatic heterocycles. The van der Waals surface area contributed by atoms with Crippen molar-refractivity contribution in [1.82, 2.24) is 5.32 Å². The summed E-state index contributed by atoms with van der Waals surface area (Å²) in [6, 6.07) is -0.659. The lowest BCUT2D eigenvalue weighted by atomic mass is 10.1. The molecule has 1 aliphatic carbocycles. The van der Waals surface area contributed by atoms with E-state index in [2.05, 4.69) is 10.3 Å². The summed E-state index contributed by atoms with van der Waals surface area (Å²) >= 11 is 0. The molecule has 1 atom stereocenters. The molecular formula is C7H4ClFN2O3S. The second-order valence-electron chi connectivity index (χ2n) is 2.93. The van der Waals surface area contributed by atoms with E-state index in [1.165, 1.54) is 0 Å². The number of amides is 2. The van der Waals surface area contributed by atoms with Crippen molar-refractivity contribution in [2.45, 2.75) is 5.25 Å². The second-order valence-corrected chi connectivity index (χ2v) is 5.68. The minimum atomic E-state index is -4.08. The predicted molar refractivity (Wildman–Crippen MR) is 51.8 cm³/mol. The number of aliphatic imine (C=N–C) groups is 1. The maximum atomic E-state index is 13.2. The topological polar surface area (TPSA) is 75.6 Å². The van der Waals surface area contributed by atoms with Gasteiger partial charge in [0.2, 0.25) is 9.05 Å². The lowest BCUT2D eigenvalue weighted by Crippen LogP contribution is -2.24. The van der Waals surface area contributed by atoms with Crippen LogP contribution in [0.2, 0.25) is 0 Å². The van der Waals surface area contributed by atoms with E-state index in [0.717, 1.165) is 12.2 Å². The highest BCUT2D eigenvalue weighted by Crippen LogP contribution is 2.26. The van der Waals surface area contributed by atoms with Crippen LogP contribution in [0.4, 0.5) is 9.18 Å². The highest BCUT2D eigenvalue weighted by molar-refractivity contribution is 8.14. The maximum absolute atomic E-state index is 13.2. The number of fused-ring (bicyclic) bond motifs is 1. The Morgan fingerprint density at radius 3 is 2.80 bits per heavy atom. The minimum absolute atomic E-state index is 0.0778. The molecule has 0 fully saturated rings. The highest BCUT2D eigenvalue weighted by Gasteiger charge is 2.33. The molecule has 2 aliphatic rings. The first-order valence-corrected chi connectivity index (χ1v) is 6.17. The van der Waals surface area contributed by atoms with E-state index in [0.29, 0.717) is 0 Å². The zero-order valence-electron chi connectivity index (χ0n) is 7.07. The summed E-state index contributed by atoms with van der Waals surface area (Å²) in [6.45, 7) is 0. The number of hydrogen-bond donors (Lipinski definition) is 1. The van der Waals surface area contributed by atoms with Crippen molar-refractivity contribution in [3.63, 3.8) is 0 Å². The average molecular weight is 251 g/mol. The van der Waals surface area contributed by atoms with Gasteiger partial charge in [0.1, 0.15) is 11.1 Å². The normalized spacial score (nSPS) is 25.1. The van der Waals surface area contributed by atoms with Crippen LogP contribution in [-0.4, -0.2) is 25.4 Å². The molecule has 0 spiro atoms. The molecule has 8 heteroatoms. The zero-order valence-corrected chi connectivity index (χ0v) is 8.64. The van der Waals surface area contributed by atoms with E-state index in [1.54, 1.807) is 0 Å². The third kappa shape index (κ3) is 1.80. The first-order chi connectivity index (χ1) is 6.88. The molecule has 0 saturated heterocycles. The van der Waals surface area contributed by atoms with Crippen molar-refractivity contribution in [1.29, 1.82) is 0 Å². The first kappa shape index (κ1) is 10.3. The number of nitrogens with one attached hydrogen (secondary N) is 1. The molecule has 1 heterocycles. The second kappa shape index (κ2) is 3.14. The summed E-state index contributed by atoms with van der Waals surface area (Å²) in [5.41, 5.74) is 0.240. The number of nitrogens with zero attached hydrogens (tertiary/aromatic N) is 1. The summed E-state index contributed by atoms with van der Waals surface area (Å²) in [7, 11) is 0.943. The van der Waals surface area contributed by atoms with E-state index >= 15 is 0 Å². The fourth-order valence-corrected chi connectivity index (χ4v) is 2.32. The molecule has 15 heavy (non-hydrogen) atoms. The fraction of sp³-hybridized carbons (Fsp3) is 0.143. The van der Waals surface area contributed by atoms with Gasteiger partial charge in [-0.05, 0) is 12.2 Å². The van der Waals surface area contributed by atoms with Crippen LogP contribution in [-0.2, 0) is 9.05 Å². The van der Waals surface area contributed by atoms with Crippen LogP contribution in [0.1, 0.15) is 0 Å². The van der Waals surface area contributed by atoms with E-state index in [9.17, 15) is 17.6 Å². The summed E-state index contributed by atoms with van der Waals surface area (Å²) in [5, 5.41) is 0.699. The van der Waals surface area contributed by atoms with Crippen molar-refractivity contribution in [3.8, 4) is 0 Å². The SMILES string of the molecule is O=C1N=C2C=C(F)C(S(=O)(=O)Cl)C=C2N1. The van der Waals surface area contributed by atoms with Crippen LogP contribution in [0.15, 0.2) is 28.7 Å². The molecule has 0 radical (unpaired) electrons. The number of hydrogen-bond acceptors (Lipinski definition) is 3. The van der Waals surface area contributed by atoms with Crippen molar-refractivity contribution >= 4 is 31.5 Å². The standard InChI is InChI=1S/C7H4ClFN2O3S/c8-15(13,14)6-2-5-4(1-3(6)9)10-7(12)11-5/h1-2,6H,(H,11,12). The predicted octanol–water partition coefficient (Wildman–Crippen LogP) is 0.839. The molecule has 0 aromatic rings. The van der Waals surface area contributed by atoms with Gasteiger partial charge in [0, 0.05) is 10.7 Å². The quantitative estimate of drug-likeness (QED) is 0.701. The van der Waals surface area contributed by atoms with Crippen molar-refractivity contribution in [2.24, 2.45) is 4.99 Å². The summed E-state index contributed by atoms with van der Waals surface area (Å²) in [5.74, 6) is -0.955. The molecule has 5 nitrogen and oxygen atoms in total. The molecule has 1 N–H and O–H groups in total. The van der Waals surface area contributed by atoms with Gasteiger partial charge < -0.3 is 5.32 Å². The zero-order chi connectivity index (χ0) is 11.2. The molecule has 80 valence electrons. The van der Waals surface area contributed by atoms with Crippen LogP contribution >= 0.6 is 10.7 Å². The number of carbonyl (C=O) groups is 1.